The Morgan fingerprint density at radius 1 is 1.24 bits per heavy atom. The first kappa shape index (κ1) is 27.0. The normalized spacial score (nSPS) is 23.1. The molecule has 0 atom stereocenters. The molecule has 2 aliphatic rings. The number of anilines is 1. The molecule has 0 unspecified atom stereocenters. The molecule has 1 aliphatic heterocycles. The van der Waals surface area contributed by atoms with E-state index in [0.717, 1.165) is 42.9 Å². The second kappa shape index (κ2) is 10.5. The lowest BCUT2D eigenvalue weighted by Gasteiger charge is -2.48. The average Bonchev–Trinajstić information content (AvgIpc) is 3.40. The number of carbonyl (C=O) groups is 1. The number of carbonyl (C=O) groups excluding carboxylic acids is 1. The molecule has 7 nitrogen and oxygen atoms in total. The van der Waals surface area contributed by atoms with Crippen molar-refractivity contribution in [1.82, 2.24) is 19.9 Å². The third-order valence-corrected chi connectivity index (χ3v) is 8.67. The van der Waals surface area contributed by atoms with Gasteiger partial charge in [-0.3, -0.25) is 14.7 Å². The SMILES string of the molecule is CC(C)c1nc(NCC(=O)CC2CN(C3CCC(O)(c4cncs4)CC3)C2)c2cc(C(F)(F)F)ccc2n1. The van der Waals surface area contributed by atoms with Crippen molar-refractivity contribution in [3.05, 3.63) is 46.2 Å². The second-order valence-electron chi connectivity index (χ2n) is 10.9. The summed E-state index contributed by atoms with van der Waals surface area (Å²) in [5.74, 6) is 1.01. The first-order valence-corrected chi connectivity index (χ1v) is 13.9. The standard InChI is InChI=1S/C27H32F3N5O2S/c1-16(2)24-33-22-4-3-18(27(28,29)30)10-21(22)25(34-24)32-11-20(36)9-17-13-35(14-17)19-5-7-26(37,8-6-19)23-12-31-15-38-23/h3-4,10,12,15-17,19,37H,5-9,11,13-14H2,1-2H3,(H,32,33,34). The quantitative estimate of drug-likeness (QED) is 0.392. The number of benzene rings is 1. The molecule has 1 saturated heterocycles. The lowest BCUT2D eigenvalue weighted by Crippen LogP contribution is -2.54. The molecule has 1 aromatic carbocycles. The van der Waals surface area contributed by atoms with Gasteiger partial charge in [0.15, 0.2) is 5.78 Å². The van der Waals surface area contributed by atoms with Gasteiger partial charge in [-0.2, -0.15) is 13.2 Å². The molecular formula is C27H32F3N5O2S. The fraction of sp³-hybridized carbons (Fsp3) is 0.556. The summed E-state index contributed by atoms with van der Waals surface area (Å²) in [5.41, 5.74) is 0.617. The van der Waals surface area contributed by atoms with Gasteiger partial charge in [0.1, 0.15) is 17.2 Å². The number of rotatable bonds is 8. The van der Waals surface area contributed by atoms with E-state index in [2.05, 4.69) is 25.2 Å². The third-order valence-electron chi connectivity index (χ3n) is 7.70. The Kier molecular flexibility index (Phi) is 7.45. The molecule has 204 valence electrons. The monoisotopic (exact) mass is 547 g/mol. The molecule has 3 aromatic rings. The molecule has 0 radical (unpaired) electrons. The maximum atomic E-state index is 13.3. The molecule has 38 heavy (non-hydrogen) atoms. The van der Waals surface area contributed by atoms with Crippen LogP contribution in [0.3, 0.4) is 0 Å². The molecule has 3 heterocycles. The number of fused-ring (bicyclic) bond motifs is 1. The molecule has 11 heteroatoms. The van der Waals surface area contributed by atoms with Crippen molar-refractivity contribution in [1.29, 1.82) is 0 Å². The number of hydrogen-bond donors (Lipinski definition) is 2. The van der Waals surface area contributed by atoms with Gasteiger partial charge in [-0.05, 0) is 49.8 Å². The number of ketones is 1. The van der Waals surface area contributed by atoms with Gasteiger partial charge < -0.3 is 10.4 Å². The fourth-order valence-electron chi connectivity index (χ4n) is 5.47. The van der Waals surface area contributed by atoms with Gasteiger partial charge in [0.25, 0.3) is 0 Å². The summed E-state index contributed by atoms with van der Waals surface area (Å²) in [4.78, 5) is 29.0. The van der Waals surface area contributed by atoms with Crippen molar-refractivity contribution >= 4 is 33.8 Å². The van der Waals surface area contributed by atoms with Gasteiger partial charge in [0.05, 0.1) is 28.0 Å². The number of alkyl halides is 3. The minimum absolute atomic E-state index is 0.00169. The molecule has 2 fully saturated rings. The minimum atomic E-state index is -4.48. The van der Waals surface area contributed by atoms with Crippen LogP contribution in [0.25, 0.3) is 10.9 Å². The summed E-state index contributed by atoms with van der Waals surface area (Å²) in [6.45, 7) is 5.52. The lowest BCUT2D eigenvalue weighted by atomic mass is 9.79. The van der Waals surface area contributed by atoms with Crippen molar-refractivity contribution < 1.29 is 23.1 Å². The van der Waals surface area contributed by atoms with Crippen molar-refractivity contribution in [2.75, 3.05) is 25.0 Å². The highest BCUT2D eigenvalue weighted by atomic mass is 32.1. The van der Waals surface area contributed by atoms with Crippen LogP contribution in [0.15, 0.2) is 29.9 Å². The number of Topliss-reactive ketones (excluding diaryl/α,β-unsaturated/α-hetero) is 1. The van der Waals surface area contributed by atoms with Crippen LogP contribution in [0.1, 0.15) is 68.1 Å². The van der Waals surface area contributed by atoms with E-state index in [1.54, 1.807) is 11.7 Å². The maximum absolute atomic E-state index is 13.3. The summed E-state index contributed by atoms with van der Waals surface area (Å²) in [7, 11) is 0. The summed E-state index contributed by atoms with van der Waals surface area (Å²) >= 11 is 1.50. The maximum Gasteiger partial charge on any atom is 0.416 e. The molecule has 1 saturated carbocycles. The predicted molar refractivity (Wildman–Crippen MR) is 140 cm³/mol. The topological polar surface area (TPSA) is 91.2 Å². The number of hydrogen-bond acceptors (Lipinski definition) is 8. The van der Waals surface area contributed by atoms with Gasteiger partial charge in [-0.1, -0.05) is 13.8 Å². The Hall–Kier alpha value is -2.63. The summed E-state index contributed by atoms with van der Waals surface area (Å²) in [6.07, 6.45) is 0.940. The highest BCUT2D eigenvalue weighted by Gasteiger charge is 2.41. The molecule has 0 bridgehead atoms. The summed E-state index contributed by atoms with van der Waals surface area (Å²) < 4.78 is 39.9. The van der Waals surface area contributed by atoms with E-state index < -0.39 is 17.3 Å². The Labute approximate surface area is 223 Å². The molecule has 5 rings (SSSR count). The van der Waals surface area contributed by atoms with Gasteiger partial charge in [0.2, 0.25) is 0 Å². The van der Waals surface area contributed by atoms with E-state index in [1.807, 2.05) is 13.8 Å². The smallest absolute Gasteiger partial charge is 0.384 e. The van der Waals surface area contributed by atoms with E-state index in [-0.39, 0.29) is 35.4 Å². The Balaban J connectivity index is 1.15. The zero-order valence-corrected chi connectivity index (χ0v) is 22.3. The number of likely N-dealkylation sites (tertiary alicyclic amines) is 1. The largest absolute Gasteiger partial charge is 0.416 e. The summed E-state index contributed by atoms with van der Waals surface area (Å²) in [6, 6.07) is 3.82. The minimum Gasteiger partial charge on any atom is -0.384 e. The lowest BCUT2D eigenvalue weighted by molar-refractivity contribution is -0.137. The molecule has 1 aliphatic carbocycles. The van der Waals surface area contributed by atoms with Crippen molar-refractivity contribution in [2.45, 2.75) is 69.7 Å². The van der Waals surface area contributed by atoms with Gasteiger partial charge >= 0.3 is 6.18 Å². The summed E-state index contributed by atoms with van der Waals surface area (Å²) in [5, 5.41) is 14.2. The van der Waals surface area contributed by atoms with Crippen LogP contribution in [-0.2, 0) is 16.6 Å². The zero-order chi connectivity index (χ0) is 27.1. The van der Waals surface area contributed by atoms with Gasteiger partial charge in [-0.25, -0.2) is 9.97 Å². The van der Waals surface area contributed by atoms with E-state index >= 15 is 0 Å². The number of aromatic nitrogens is 3. The third kappa shape index (κ3) is 5.69. The van der Waals surface area contributed by atoms with E-state index in [1.165, 1.54) is 17.4 Å². The van der Waals surface area contributed by atoms with E-state index in [4.69, 9.17) is 0 Å². The van der Waals surface area contributed by atoms with E-state index in [0.29, 0.717) is 36.6 Å². The Morgan fingerprint density at radius 3 is 2.61 bits per heavy atom. The molecule has 2 N–H and O–H groups in total. The number of nitrogens with one attached hydrogen (secondary N) is 1. The predicted octanol–water partition coefficient (Wildman–Crippen LogP) is 5.36. The highest BCUT2D eigenvalue weighted by molar-refractivity contribution is 7.09. The number of halogens is 3. The van der Waals surface area contributed by atoms with Gasteiger partial charge in [0, 0.05) is 43.1 Å². The van der Waals surface area contributed by atoms with Crippen LogP contribution in [0, 0.1) is 5.92 Å². The van der Waals surface area contributed by atoms with Crippen LogP contribution in [-0.4, -0.2) is 56.4 Å². The highest BCUT2D eigenvalue weighted by Crippen LogP contribution is 2.41. The number of nitrogens with zero attached hydrogens (tertiary/aromatic N) is 4. The van der Waals surface area contributed by atoms with Crippen LogP contribution >= 0.6 is 11.3 Å². The Bertz CT molecular complexity index is 1280. The van der Waals surface area contributed by atoms with Gasteiger partial charge in [-0.15, -0.1) is 11.3 Å². The first-order valence-electron chi connectivity index (χ1n) is 13.0. The van der Waals surface area contributed by atoms with Crippen molar-refractivity contribution in [3.8, 4) is 0 Å². The van der Waals surface area contributed by atoms with E-state index in [9.17, 15) is 23.1 Å². The first-order chi connectivity index (χ1) is 18.0. The molecule has 0 spiro atoms. The Morgan fingerprint density at radius 2 is 1.97 bits per heavy atom. The van der Waals surface area contributed by atoms with Crippen LogP contribution in [0.5, 0.6) is 0 Å². The van der Waals surface area contributed by atoms with Crippen molar-refractivity contribution in [3.63, 3.8) is 0 Å². The second-order valence-corrected chi connectivity index (χ2v) is 11.7. The zero-order valence-electron chi connectivity index (χ0n) is 21.5. The number of thiazole rings is 1. The van der Waals surface area contributed by atoms with Crippen LogP contribution in [0.4, 0.5) is 19.0 Å². The van der Waals surface area contributed by atoms with Crippen molar-refractivity contribution in [2.24, 2.45) is 5.92 Å². The number of aliphatic hydroxyl groups is 1. The molecule has 2 aromatic heterocycles. The van der Waals surface area contributed by atoms with Crippen LogP contribution < -0.4 is 5.32 Å². The molecule has 0 amide bonds. The fourth-order valence-corrected chi connectivity index (χ4v) is 6.25. The molecular weight excluding hydrogens is 515 g/mol. The van der Waals surface area contributed by atoms with Crippen LogP contribution in [0.2, 0.25) is 0 Å². The average molecular weight is 548 g/mol.